The molecule has 0 unspecified atom stereocenters. The average Bonchev–Trinajstić information content (AvgIpc) is 2.97. The summed E-state index contributed by atoms with van der Waals surface area (Å²) < 4.78 is 1.66. The van der Waals surface area contributed by atoms with Crippen LogP contribution in [0.5, 0.6) is 0 Å². The van der Waals surface area contributed by atoms with E-state index < -0.39 is 0 Å². The molecule has 23 heavy (non-hydrogen) atoms. The first-order valence-corrected chi connectivity index (χ1v) is 7.93. The maximum absolute atomic E-state index is 12.4. The molecular weight excluding hydrogens is 292 g/mol. The average molecular weight is 314 g/mol. The van der Waals surface area contributed by atoms with Gasteiger partial charge < -0.3 is 15.5 Å². The molecule has 122 valence electrons. The fourth-order valence-corrected chi connectivity index (χ4v) is 2.74. The van der Waals surface area contributed by atoms with E-state index in [0.29, 0.717) is 11.4 Å². The topological polar surface area (TPSA) is 75.1 Å². The lowest BCUT2D eigenvalue weighted by molar-refractivity contribution is 0.102. The molecule has 2 aromatic rings. The molecule has 0 saturated carbocycles. The van der Waals surface area contributed by atoms with Crippen LogP contribution < -0.4 is 15.5 Å². The van der Waals surface area contributed by atoms with E-state index in [-0.39, 0.29) is 5.91 Å². The van der Waals surface area contributed by atoms with Crippen LogP contribution in [0.25, 0.3) is 0 Å². The lowest BCUT2D eigenvalue weighted by Gasteiger charge is -2.29. The molecule has 1 aliphatic heterocycles. The molecule has 0 radical (unpaired) electrons. The number of nitrogens with one attached hydrogen (secondary N) is 2. The van der Waals surface area contributed by atoms with E-state index in [1.54, 1.807) is 10.9 Å². The highest BCUT2D eigenvalue weighted by Crippen LogP contribution is 2.16. The van der Waals surface area contributed by atoms with Gasteiger partial charge in [0.2, 0.25) is 0 Å². The van der Waals surface area contributed by atoms with Gasteiger partial charge in [-0.2, -0.15) is 5.10 Å². The van der Waals surface area contributed by atoms with Gasteiger partial charge in [-0.3, -0.25) is 9.48 Å². The third kappa shape index (κ3) is 3.50. The van der Waals surface area contributed by atoms with Crippen molar-refractivity contribution in [3.8, 4) is 0 Å². The van der Waals surface area contributed by atoms with Crippen molar-refractivity contribution >= 4 is 17.4 Å². The second-order valence-corrected chi connectivity index (χ2v) is 5.61. The van der Waals surface area contributed by atoms with Crippen molar-refractivity contribution < 1.29 is 4.79 Å². The third-order valence-electron chi connectivity index (χ3n) is 3.96. The van der Waals surface area contributed by atoms with Crippen LogP contribution in [0.2, 0.25) is 0 Å². The molecule has 2 aromatic heterocycles. The van der Waals surface area contributed by atoms with Crippen LogP contribution in [0.15, 0.2) is 24.5 Å². The summed E-state index contributed by atoms with van der Waals surface area (Å²) in [5.41, 5.74) is 2.48. The van der Waals surface area contributed by atoms with Crippen molar-refractivity contribution in [2.75, 3.05) is 36.4 Å². The van der Waals surface area contributed by atoms with Gasteiger partial charge in [0, 0.05) is 39.4 Å². The maximum atomic E-state index is 12.4. The van der Waals surface area contributed by atoms with Crippen molar-refractivity contribution in [1.29, 1.82) is 0 Å². The number of pyridine rings is 1. The number of hydrogen-bond acceptors (Lipinski definition) is 5. The Balaban J connectivity index is 1.69. The molecule has 1 amide bonds. The molecule has 0 aliphatic carbocycles. The van der Waals surface area contributed by atoms with Gasteiger partial charge in [-0.1, -0.05) is 6.92 Å². The smallest absolute Gasteiger partial charge is 0.260 e. The zero-order chi connectivity index (χ0) is 16.2. The molecule has 0 atom stereocenters. The minimum Gasteiger partial charge on any atom is -0.368 e. The Morgan fingerprint density at radius 1 is 1.35 bits per heavy atom. The van der Waals surface area contributed by atoms with Crippen molar-refractivity contribution in [1.82, 2.24) is 20.1 Å². The van der Waals surface area contributed by atoms with Crippen molar-refractivity contribution in [3.05, 3.63) is 35.8 Å². The molecule has 0 bridgehead atoms. The second kappa shape index (κ2) is 6.78. The molecule has 0 spiro atoms. The summed E-state index contributed by atoms with van der Waals surface area (Å²) in [5, 5.41) is 10.5. The second-order valence-electron chi connectivity index (χ2n) is 5.61. The molecule has 7 heteroatoms. The zero-order valence-electron chi connectivity index (χ0n) is 13.5. The molecule has 7 nitrogen and oxygen atoms in total. The van der Waals surface area contributed by atoms with Crippen LogP contribution in [0, 0.1) is 0 Å². The highest BCUT2D eigenvalue weighted by atomic mass is 16.1. The summed E-state index contributed by atoms with van der Waals surface area (Å²) in [6, 6.07) is 3.84. The fraction of sp³-hybridized carbons (Fsp3) is 0.438. The van der Waals surface area contributed by atoms with Crippen LogP contribution in [0.4, 0.5) is 11.5 Å². The number of aromatic nitrogens is 3. The van der Waals surface area contributed by atoms with E-state index >= 15 is 0 Å². The van der Waals surface area contributed by atoms with Crippen molar-refractivity contribution in [3.63, 3.8) is 0 Å². The number of carbonyl (C=O) groups is 1. The first-order valence-electron chi connectivity index (χ1n) is 7.93. The summed E-state index contributed by atoms with van der Waals surface area (Å²) in [6.45, 7) is 5.91. The minimum atomic E-state index is -0.169. The third-order valence-corrected chi connectivity index (χ3v) is 3.96. The lowest BCUT2D eigenvalue weighted by atomic mass is 10.2. The molecule has 1 fully saturated rings. The molecule has 1 saturated heterocycles. The fourth-order valence-electron chi connectivity index (χ4n) is 2.74. The highest BCUT2D eigenvalue weighted by molar-refractivity contribution is 6.04. The normalized spacial score (nSPS) is 14.8. The highest BCUT2D eigenvalue weighted by Gasteiger charge is 2.15. The predicted octanol–water partition coefficient (Wildman–Crippen LogP) is 1.04. The van der Waals surface area contributed by atoms with Gasteiger partial charge in [-0.25, -0.2) is 4.98 Å². The van der Waals surface area contributed by atoms with Gasteiger partial charge in [-0.15, -0.1) is 0 Å². The van der Waals surface area contributed by atoms with Crippen molar-refractivity contribution in [2.24, 2.45) is 7.05 Å². The zero-order valence-corrected chi connectivity index (χ0v) is 13.5. The number of carbonyl (C=O) groups excluding carboxylic acids is 1. The number of amides is 1. The van der Waals surface area contributed by atoms with E-state index in [9.17, 15) is 4.79 Å². The van der Waals surface area contributed by atoms with E-state index in [4.69, 9.17) is 0 Å². The summed E-state index contributed by atoms with van der Waals surface area (Å²) in [5.74, 6) is 0.386. The number of piperazine rings is 1. The summed E-state index contributed by atoms with van der Waals surface area (Å²) in [6.07, 6.45) is 4.27. The Labute approximate surface area is 135 Å². The Bertz CT molecular complexity index is 672. The van der Waals surface area contributed by atoms with Crippen molar-refractivity contribution in [2.45, 2.75) is 13.3 Å². The summed E-state index contributed by atoms with van der Waals surface area (Å²) in [4.78, 5) is 19.0. The van der Waals surface area contributed by atoms with Gasteiger partial charge in [-0.05, 0) is 18.6 Å². The molecule has 1 aliphatic rings. The van der Waals surface area contributed by atoms with Crippen LogP contribution in [0.1, 0.15) is 23.0 Å². The predicted molar refractivity (Wildman–Crippen MR) is 89.9 cm³/mol. The quantitative estimate of drug-likeness (QED) is 0.882. The van der Waals surface area contributed by atoms with Gasteiger partial charge in [0.25, 0.3) is 5.91 Å². The number of rotatable bonds is 4. The van der Waals surface area contributed by atoms with Gasteiger partial charge in [0.05, 0.1) is 23.1 Å². The Kier molecular flexibility index (Phi) is 4.57. The first-order chi connectivity index (χ1) is 11.2. The maximum Gasteiger partial charge on any atom is 0.260 e. The van der Waals surface area contributed by atoms with E-state index in [0.717, 1.165) is 44.0 Å². The van der Waals surface area contributed by atoms with Gasteiger partial charge >= 0.3 is 0 Å². The van der Waals surface area contributed by atoms with Crippen LogP contribution >= 0.6 is 0 Å². The number of hydrogen-bond donors (Lipinski definition) is 2. The minimum absolute atomic E-state index is 0.169. The van der Waals surface area contributed by atoms with E-state index in [1.807, 2.05) is 32.3 Å². The SMILES string of the molecule is CCc1nn(C)cc1C(=O)Nc1ccc(N2CCNCC2)cn1. The van der Waals surface area contributed by atoms with Crippen LogP contribution in [-0.2, 0) is 13.5 Å². The molecule has 3 heterocycles. The van der Waals surface area contributed by atoms with E-state index in [2.05, 4.69) is 25.6 Å². The Morgan fingerprint density at radius 3 is 2.78 bits per heavy atom. The Morgan fingerprint density at radius 2 is 2.13 bits per heavy atom. The first kappa shape index (κ1) is 15.5. The Hall–Kier alpha value is -2.41. The molecular formula is C16H22N6O. The summed E-state index contributed by atoms with van der Waals surface area (Å²) >= 11 is 0. The number of anilines is 2. The largest absolute Gasteiger partial charge is 0.368 e. The molecule has 3 rings (SSSR count). The molecule has 0 aromatic carbocycles. The van der Waals surface area contributed by atoms with Gasteiger partial charge in [0.15, 0.2) is 0 Å². The van der Waals surface area contributed by atoms with Crippen LogP contribution in [0.3, 0.4) is 0 Å². The van der Waals surface area contributed by atoms with Gasteiger partial charge in [0.1, 0.15) is 5.82 Å². The molecule has 2 N–H and O–H groups in total. The van der Waals surface area contributed by atoms with Crippen LogP contribution in [-0.4, -0.2) is 46.9 Å². The van der Waals surface area contributed by atoms with E-state index in [1.165, 1.54) is 0 Å². The standard InChI is InChI=1S/C16H22N6O/c1-3-14-13(11-21(2)20-14)16(23)19-15-5-4-12(10-18-15)22-8-6-17-7-9-22/h4-5,10-11,17H,3,6-9H2,1-2H3,(H,18,19,23). The summed E-state index contributed by atoms with van der Waals surface area (Å²) in [7, 11) is 1.82. The number of aryl methyl sites for hydroxylation is 2. The monoisotopic (exact) mass is 314 g/mol. The number of nitrogens with zero attached hydrogens (tertiary/aromatic N) is 4. The lowest BCUT2D eigenvalue weighted by Crippen LogP contribution is -2.43.